The Kier molecular flexibility index (Phi) is 4.73. The molecule has 0 aromatic carbocycles. The van der Waals surface area contributed by atoms with Gasteiger partial charge in [0.1, 0.15) is 0 Å². The third kappa shape index (κ3) is 2.26. The number of allylic oxidation sites excluding steroid dienone is 2. The summed E-state index contributed by atoms with van der Waals surface area (Å²) in [4.78, 5) is 2.27. The molecule has 0 saturated carbocycles. The Morgan fingerprint density at radius 1 is 1.40 bits per heavy atom. The average molecular weight is 139 g/mol. The van der Waals surface area contributed by atoms with E-state index in [0.717, 1.165) is 13.1 Å². The molecule has 0 aromatic heterocycles. The molecule has 0 radical (unpaired) electrons. The van der Waals surface area contributed by atoms with Gasteiger partial charge in [0.2, 0.25) is 0 Å². The van der Waals surface area contributed by atoms with Crippen LogP contribution in [0.15, 0.2) is 24.4 Å². The first kappa shape index (κ1) is 9.28. The van der Waals surface area contributed by atoms with Crippen LogP contribution in [0.4, 0.5) is 0 Å². The minimum Gasteiger partial charge on any atom is -0.372 e. The summed E-state index contributed by atoms with van der Waals surface area (Å²) in [5, 5.41) is 0. The number of hydrogen-bond acceptors (Lipinski definition) is 1. The summed E-state index contributed by atoms with van der Waals surface area (Å²) >= 11 is 0. The molecular weight excluding hydrogens is 122 g/mol. The van der Waals surface area contributed by atoms with Crippen molar-refractivity contribution in [2.75, 3.05) is 13.1 Å². The monoisotopic (exact) mass is 139 g/mol. The van der Waals surface area contributed by atoms with E-state index in [2.05, 4.69) is 31.4 Å². The van der Waals surface area contributed by atoms with E-state index in [-0.39, 0.29) is 0 Å². The molecular formula is C9H17N. The molecule has 58 valence electrons. The van der Waals surface area contributed by atoms with Crippen molar-refractivity contribution in [2.24, 2.45) is 0 Å². The Morgan fingerprint density at radius 3 is 2.00 bits per heavy atom. The molecule has 0 unspecified atom stereocenters. The lowest BCUT2D eigenvalue weighted by Crippen LogP contribution is -2.20. The Labute approximate surface area is 64.0 Å². The van der Waals surface area contributed by atoms with E-state index in [9.17, 15) is 0 Å². The fourth-order valence-electron chi connectivity index (χ4n) is 1.02. The van der Waals surface area contributed by atoms with E-state index in [1.54, 1.807) is 0 Å². The lowest BCUT2D eigenvalue weighted by molar-refractivity contribution is 0.394. The third-order valence-corrected chi connectivity index (χ3v) is 1.63. The summed E-state index contributed by atoms with van der Waals surface area (Å²) in [6.07, 6.45) is 3.98. The zero-order valence-electron chi connectivity index (χ0n) is 7.22. The molecule has 0 amide bonds. The molecule has 0 fully saturated rings. The van der Waals surface area contributed by atoms with E-state index in [1.165, 1.54) is 5.70 Å². The van der Waals surface area contributed by atoms with Crippen molar-refractivity contribution >= 4 is 0 Å². The zero-order chi connectivity index (χ0) is 7.98. The van der Waals surface area contributed by atoms with Crippen molar-refractivity contribution in [3.8, 4) is 0 Å². The lowest BCUT2D eigenvalue weighted by atomic mass is 10.3. The van der Waals surface area contributed by atoms with Crippen molar-refractivity contribution in [1.29, 1.82) is 0 Å². The van der Waals surface area contributed by atoms with Crippen molar-refractivity contribution in [2.45, 2.75) is 20.8 Å². The SMILES string of the molecule is C=CC(=CC)N(CC)CC. The molecule has 0 aliphatic carbocycles. The van der Waals surface area contributed by atoms with Crippen molar-refractivity contribution in [3.05, 3.63) is 24.4 Å². The molecule has 1 heteroatoms. The van der Waals surface area contributed by atoms with Gasteiger partial charge in [-0.15, -0.1) is 0 Å². The molecule has 10 heavy (non-hydrogen) atoms. The highest BCUT2D eigenvalue weighted by molar-refractivity contribution is 5.13. The van der Waals surface area contributed by atoms with Crippen LogP contribution < -0.4 is 0 Å². The van der Waals surface area contributed by atoms with E-state index >= 15 is 0 Å². The Hall–Kier alpha value is -0.720. The van der Waals surface area contributed by atoms with Crippen LogP contribution in [-0.2, 0) is 0 Å². The van der Waals surface area contributed by atoms with Gasteiger partial charge >= 0.3 is 0 Å². The minimum atomic E-state index is 1.06. The van der Waals surface area contributed by atoms with Gasteiger partial charge in [0.05, 0.1) is 0 Å². The number of rotatable bonds is 4. The molecule has 0 aliphatic heterocycles. The molecule has 0 saturated heterocycles. The first-order valence-electron chi connectivity index (χ1n) is 3.83. The molecule has 1 nitrogen and oxygen atoms in total. The fraction of sp³-hybridized carbons (Fsp3) is 0.556. The van der Waals surface area contributed by atoms with Gasteiger partial charge in [-0.2, -0.15) is 0 Å². The predicted octanol–water partition coefficient (Wildman–Crippen LogP) is 2.42. The molecule has 0 bridgehead atoms. The second kappa shape index (κ2) is 5.10. The molecule has 0 heterocycles. The maximum absolute atomic E-state index is 3.74. The third-order valence-electron chi connectivity index (χ3n) is 1.63. The van der Waals surface area contributed by atoms with Crippen LogP contribution in [0.5, 0.6) is 0 Å². The van der Waals surface area contributed by atoms with Crippen LogP contribution >= 0.6 is 0 Å². The van der Waals surface area contributed by atoms with Crippen LogP contribution in [0.25, 0.3) is 0 Å². The van der Waals surface area contributed by atoms with Crippen LogP contribution in [0.1, 0.15) is 20.8 Å². The van der Waals surface area contributed by atoms with Crippen molar-refractivity contribution in [1.82, 2.24) is 4.90 Å². The van der Waals surface area contributed by atoms with Gasteiger partial charge in [0.15, 0.2) is 0 Å². The van der Waals surface area contributed by atoms with Gasteiger partial charge < -0.3 is 4.90 Å². The predicted molar refractivity (Wildman–Crippen MR) is 46.9 cm³/mol. The standard InChI is InChI=1S/C9H17N/c1-5-9(6-2)10(7-3)8-4/h5-6H,1,7-8H2,2-4H3. The Morgan fingerprint density at radius 2 is 1.90 bits per heavy atom. The van der Waals surface area contributed by atoms with Crippen molar-refractivity contribution in [3.63, 3.8) is 0 Å². The van der Waals surface area contributed by atoms with Crippen LogP contribution in [0.3, 0.4) is 0 Å². The highest BCUT2D eigenvalue weighted by Crippen LogP contribution is 2.03. The summed E-state index contributed by atoms with van der Waals surface area (Å²) in [7, 11) is 0. The first-order chi connectivity index (χ1) is 4.79. The molecule has 0 aromatic rings. The summed E-state index contributed by atoms with van der Waals surface area (Å²) in [6.45, 7) is 12.2. The number of likely N-dealkylation sites (N-methyl/N-ethyl adjacent to an activating group) is 1. The zero-order valence-corrected chi connectivity index (χ0v) is 7.22. The van der Waals surface area contributed by atoms with E-state index in [4.69, 9.17) is 0 Å². The van der Waals surface area contributed by atoms with Gasteiger partial charge in [-0.25, -0.2) is 0 Å². The second-order valence-corrected chi connectivity index (χ2v) is 2.09. The molecule has 0 N–H and O–H groups in total. The van der Waals surface area contributed by atoms with Gasteiger partial charge in [0.25, 0.3) is 0 Å². The summed E-state index contributed by atoms with van der Waals surface area (Å²) in [6, 6.07) is 0. The number of hydrogen-bond donors (Lipinski definition) is 0. The normalized spacial score (nSPS) is 11.3. The van der Waals surface area contributed by atoms with E-state index in [1.807, 2.05) is 13.0 Å². The minimum absolute atomic E-state index is 1.06. The maximum Gasteiger partial charge on any atom is 0.0316 e. The fourth-order valence-corrected chi connectivity index (χ4v) is 1.02. The smallest absolute Gasteiger partial charge is 0.0316 e. The van der Waals surface area contributed by atoms with Crippen LogP contribution in [0.2, 0.25) is 0 Å². The van der Waals surface area contributed by atoms with Crippen molar-refractivity contribution < 1.29 is 0 Å². The van der Waals surface area contributed by atoms with E-state index in [0.29, 0.717) is 0 Å². The van der Waals surface area contributed by atoms with Gasteiger partial charge in [-0.05, 0) is 26.8 Å². The first-order valence-corrected chi connectivity index (χ1v) is 3.83. The molecule has 0 aliphatic rings. The van der Waals surface area contributed by atoms with E-state index < -0.39 is 0 Å². The summed E-state index contributed by atoms with van der Waals surface area (Å²) in [5.74, 6) is 0. The van der Waals surface area contributed by atoms with Crippen LogP contribution in [0, 0.1) is 0 Å². The Bertz CT molecular complexity index is 121. The largest absolute Gasteiger partial charge is 0.372 e. The second-order valence-electron chi connectivity index (χ2n) is 2.09. The molecule has 0 spiro atoms. The van der Waals surface area contributed by atoms with Gasteiger partial charge in [-0.1, -0.05) is 12.7 Å². The molecule has 0 rings (SSSR count). The van der Waals surface area contributed by atoms with Gasteiger partial charge in [-0.3, -0.25) is 0 Å². The molecule has 0 atom stereocenters. The quantitative estimate of drug-likeness (QED) is 0.541. The number of nitrogens with zero attached hydrogens (tertiary/aromatic N) is 1. The maximum atomic E-state index is 3.74. The topological polar surface area (TPSA) is 3.24 Å². The lowest BCUT2D eigenvalue weighted by Gasteiger charge is -2.21. The van der Waals surface area contributed by atoms with Crippen LogP contribution in [-0.4, -0.2) is 18.0 Å². The summed E-state index contributed by atoms with van der Waals surface area (Å²) < 4.78 is 0. The Balaban J connectivity index is 4.10. The highest BCUT2D eigenvalue weighted by Gasteiger charge is 1.97. The summed E-state index contributed by atoms with van der Waals surface area (Å²) in [5.41, 5.74) is 1.23. The average Bonchev–Trinajstić information content (AvgIpc) is 2.00. The van der Waals surface area contributed by atoms with Gasteiger partial charge in [0, 0.05) is 18.8 Å². The highest BCUT2D eigenvalue weighted by atomic mass is 15.1.